The van der Waals surface area contributed by atoms with Crippen molar-refractivity contribution in [3.8, 4) is 0 Å². The lowest BCUT2D eigenvalue weighted by Crippen LogP contribution is -2.57. The predicted octanol–water partition coefficient (Wildman–Crippen LogP) is -1.83. The molecule has 10 nitrogen and oxygen atoms in total. The fourth-order valence-corrected chi connectivity index (χ4v) is 3.14. The van der Waals surface area contributed by atoms with Crippen molar-refractivity contribution in [3.63, 3.8) is 0 Å². The molecule has 2 aliphatic heterocycles. The summed E-state index contributed by atoms with van der Waals surface area (Å²) in [6.45, 7) is 1.82. The first-order chi connectivity index (χ1) is 10.9. The van der Waals surface area contributed by atoms with Gasteiger partial charge >= 0.3 is 10.4 Å². The van der Waals surface area contributed by atoms with Crippen molar-refractivity contribution in [1.82, 2.24) is 21.0 Å². The molecule has 11 heteroatoms. The zero-order chi connectivity index (χ0) is 16.9. The quantitative estimate of drug-likeness (QED) is 0.249. The van der Waals surface area contributed by atoms with Crippen LogP contribution in [-0.2, 0) is 24.3 Å². The van der Waals surface area contributed by atoms with Crippen LogP contribution in [0.3, 0.4) is 0 Å². The number of carbonyl (C=O) groups is 2. The Bertz CT molecular complexity index is 522. The summed E-state index contributed by atoms with van der Waals surface area (Å²) >= 11 is 0. The number of hydroxylamine groups is 1. The van der Waals surface area contributed by atoms with Gasteiger partial charge in [0.25, 0.3) is 0 Å². The molecule has 0 aromatic heterocycles. The Kier molecular flexibility index (Phi) is 6.30. The van der Waals surface area contributed by atoms with E-state index in [-0.39, 0.29) is 18.5 Å². The number of rotatable bonds is 6. The molecule has 2 heterocycles. The van der Waals surface area contributed by atoms with Crippen LogP contribution < -0.4 is 16.1 Å². The highest BCUT2D eigenvalue weighted by molar-refractivity contribution is 7.80. The Morgan fingerprint density at radius 1 is 1.22 bits per heavy atom. The molecule has 2 rings (SSSR count). The average Bonchev–Trinajstić information content (AvgIpc) is 2.53. The van der Waals surface area contributed by atoms with E-state index in [1.165, 1.54) is 4.90 Å². The highest BCUT2D eigenvalue weighted by atomic mass is 32.3. The highest BCUT2D eigenvalue weighted by Crippen LogP contribution is 2.17. The van der Waals surface area contributed by atoms with E-state index in [1.54, 1.807) is 0 Å². The Morgan fingerprint density at radius 3 is 2.52 bits per heavy atom. The molecule has 2 amide bonds. The van der Waals surface area contributed by atoms with Gasteiger partial charge in [0.15, 0.2) is 0 Å². The number of nitrogens with one attached hydrogen (secondary N) is 3. The lowest BCUT2D eigenvalue weighted by Gasteiger charge is -2.37. The molecule has 0 bridgehead atoms. The van der Waals surface area contributed by atoms with E-state index in [0.717, 1.165) is 25.9 Å². The molecule has 0 aromatic rings. The average molecular weight is 350 g/mol. The van der Waals surface area contributed by atoms with E-state index in [4.69, 9.17) is 4.55 Å². The summed E-state index contributed by atoms with van der Waals surface area (Å²) in [7, 11) is -4.60. The topological polar surface area (TPSA) is 137 Å². The third kappa shape index (κ3) is 5.70. The zero-order valence-electron chi connectivity index (χ0n) is 12.6. The number of piperidine rings is 2. The summed E-state index contributed by atoms with van der Waals surface area (Å²) in [6, 6.07) is -0.952. The van der Waals surface area contributed by atoms with Crippen molar-refractivity contribution in [2.24, 2.45) is 0 Å². The van der Waals surface area contributed by atoms with Gasteiger partial charge in [0.2, 0.25) is 12.3 Å². The van der Waals surface area contributed by atoms with Gasteiger partial charge in [0.1, 0.15) is 6.04 Å². The van der Waals surface area contributed by atoms with Crippen LogP contribution in [0.4, 0.5) is 0 Å². The molecule has 23 heavy (non-hydrogen) atoms. The molecule has 0 radical (unpaired) electrons. The maximum Gasteiger partial charge on any atom is 0.413 e. The van der Waals surface area contributed by atoms with Crippen molar-refractivity contribution in [3.05, 3.63) is 0 Å². The van der Waals surface area contributed by atoms with Crippen molar-refractivity contribution in [2.75, 3.05) is 19.6 Å². The molecule has 0 saturated carbocycles. The van der Waals surface area contributed by atoms with Crippen molar-refractivity contribution in [1.29, 1.82) is 0 Å². The second kappa shape index (κ2) is 8.02. The monoisotopic (exact) mass is 350 g/mol. The number of hydrogen-bond acceptors (Lipinski definition) is 7. The Labute approximate surface area is 134 Å². The summed E-state index contributed by atoms with van der Waals surface area (Å²) in [4.78, 5) is 24.9. The van der Waals surface area contributed by atoms with Crippen LogP contribution in [0.2, 0.25) is 0 Å². The van der Waals surface area contributed by atoms with Crippen LogP contribution >= 0.6 is 0 Å². The normalized spacial score (nSPS) is 26.7. The maximum atomic E-state index is 12.3. The van der Waals surface area contributed by atoms with Gasteiger partial charge < -0.3 is 15.5 Å². The summed E-state index contributed by atoms with van der Waals surface area (Å²) in [5.74, 6) is -0.196. The van der Waals surface area contributed by atoms with Gasteiger partial charge in [-0.15, -0.1) is 0 Å². The van der Waals surface area contributed by atoms with Crippen LogP contribution in [0.5, 0.6) is 0 Å². The van der Waals surface area contributed by atoms with E-state index in [9.17, 15) is 18.0 Å². The molecular weight excluding hydrogens is 328 g/mol. The molecule has 4 N–H and O–H groups in total. The van der Waals surface area contributed by atoms with Gasteiger partial charge in [-0.3, -0.25) is 14.1 Å². The first-order valence-electron chi connectivity index (χ1n) is 7.52. The molecule has 0 aliphatic carbocycles. The second-order valence-corrected chi connectivity index (χ2v) is 6.78. The molecule has 0 aromatic carbocycles. The fourth-order valence-electron chi connectivity index (χ4n) is 2.88. The van der Waals surface area contributed by atoms with E-state index in [2.05, 4.69) is 20.4 Å². The second-order valence-electron chi connectivity index (χ2n) is 5.75. The van der Waals surface area contributed by atoms with Crippen LogP contribution in [0, 0.1) is 0 Å². The summed E-state index contributed by atoms with van der Waals surface area (Å²) in [6.07, 6.45) is 3.08. The number of nitrogens with zero attached hydrogens (tertiary/aromatic N) is 1. The summed E-state index contributed by atoms with van der Waals surface area (Å²) in [5.41, 5.74) is 2.19. The molecular formula is C12H22N4O6S. The maximum absolute atomic E-state index is 12.3. The number of likely N-dealkylation sites (tertiary alicyclic amines) is 1. The van der Waals surface area contributed by atoms with Crippen molar-refractivity contribution in [2.45, 2.75) is 43.8 Å². The highest BCUT2D eigenvalue weighted by Gasteiger charge is 2.33. The van der Waals surface area contributed by atoms with Crippen LogP contribution in [0.1, 0.15) is 25.7 Å². The van der Waals surface area contributed by atoms with E-state index in [1.807, 2.05) is 0 Å². The first-order valence-corrected chi connectivity index (χ1v) is 8.89. The summed E-state index contributed by atoms with van der Waals surface area (Å²) < 4.78 is 33.7. The van der Waals surface area contributed by atoms with Crippen molar-refractivity contribution < 1.29 is 26.8 Å². The lowest BCUT2D eigenvalue weighted by molar-refractivity contribution is -0.136. The molecule has 2 saturated heterocycles. The Balaban J connectivity index is 1.85. The molecule has 0 unspecified atom stereocenters. The standard InChI is InChI=1S/C12H22N4O6S/c17-8-16-7-10(15-22-23(19,20)21)1-2-11(16)12(18)14-9-3-5-13-6-4-9/h8-11,13,15H,1-7H2,(H,14,18)(H,19,20,21)/t10-,11+/m1/s1. The van der Waals surface area contributed by atoms with Gasteiger partial charge in [0.05, 0.1) is 6.04 Å². The lowest BCUT2D eigenvalue weighted by atomic mass is 9.97. The summed E-state index contributed by atoms with van der Waals surface area (Å²) in [5, 5.41) is 6.17. The Morgan fingerprint density at radius 2 is 1.91 bits per heavy atom. The Hall–Kier alpha value is -1.27. The minimum atomic E-state index is -4.60. The van der Waals surface area contributed by atoms with E-state index < -0.39 is 22.5 Å². The smallest absolute Gasteiger partial charge is 0.351 e. The number of hydrogen-bond donors (Lipinski definition) is 4. The number of carbonyl (C=O) groups excluding carboxylic acids is 2. The minimum Gasteiger partial charge on any atom is -0.351 e. The third-order valence-corrected chi connectivity index (χ3v) is 4.37. The van der Waals surface area contributed by atoms with Gasteiger partial charge in [-0.25, -0.2) is 0 Å². The van der Waals surface area contributed by atoms with Crippen LogP contribution in [0.15, 0.2) is 0 Å². The van der Waals surface area contributed by atoms with Crippen LogP contribution in [0.25, 0.3) is 0 Å². The third-order valence-electron chi connectivity index (χ3n) is 4.06. The minimum absolute atomic E-state index is 0.107. The van der Waals surface area contributed by atoms with E-state index >= 15 is 0 Å². The predicted molar refractivity (Wildman–Crippen MR) is 79.4 cm³/mol. The van der Waals surface area contributed by atoms with Gasteiger partial charge in [-0.05, 0) is 38.8 Å². The van der Waals surface area contributed by atoms with Gasteiger partial charge in [-0.1, -0.05) is 0 Å². The molecule has 2 fully saturated rings. The van der Waals surface area contributed by atoms with Gasteiger partial charge in [0, 0.05) is 12.6 Å². The van der Waals surface area contributed by atoms with Gasteiger partial charge in [-0.2, -0.15) is 18.2 Å². The number of amides is 2. The fraction of sp³-hybridized carbons (Fsp3) is 0.833. The zero-order valence-corrected chi connectivity index (χ0v) is 13.4. The van der Waals surface area contributed by atoms with E-state index in [0.29, 0.717) is 19.3 Å². The van der Waals surface area contributed by atoms with Crippen LogP contribution in [-0.4, -0.2) is 67.9 Å². The SMILES string of the molecule is O=CN1C[C@H](NOS(=O)(=O)O)CC[C@H]1C(=O)NC1CCNCC1. The first kappa shape index (κ1) is 18.1. The largest absolute Gasteiger partial charge is 0.413 e. The van der Waals surface area contributed by atoms with Crippen molar-refractivity contribution >= 4 is 22.7 Å². The molecule has 2 aliphatic rings. The molecule has 0 spiro atoms. The molecule has 2 atom stereocenters. The molecule has 132 valence electrons.